The van der Waals surface area contributed by atoms with E-state index in [0.29, 0.717) is 11.3 Å². The Bertz CT molecular complexity index is 1560. The number of carbonyl (C=O) groups is 3. The van der Waals surface area contributed by atoms with Crippen LogP contribution in [0.5, 0.6) is 11.5 Å². The molecule has 1 fully saturated rings. The van der Waals surface area contributed by atoms with Crippen molar-refractivity contribution in [2.75, 3.05) is 26.2 Å². The van der Waals surface area contributed by atoms with Gasteiger partial charge in [0.25, 0.3) is 11.7 Å². The van der Waals surface area contributed by atoms with Crippen LogP contribution in [0.25, 0.3) is 5.76 Å². The number of aliphatic hydroxyl groups is 1. The number of Topliss-reactive ketones (excluding diaryl/α,β-unsaturated/α-hetero) is 1. The molecule has 1 heterocycles. The quantitative estimate of drug-likeness (QED) is 0.145. The predicted molar refractivity (Wildman–Crippen MR) is 157 cm³/mol. The summed E-state index contributed by atoms with van der Waals surface area (Å²) in [6.45, 7) is 6.21. The summed E-state index contributed by atoms with van der Waals surface area (Å²) in [4.78, 5) is 40.4. The van der Waals surface area contributed by atoms with Crippen LogP contribution in [-0.4, -0.2) is 44.1 Å². The number of nitrogens with zero attached hydrogens (tertiary/aromatic N) is 1. The van der Waals surface area contributed by atoms with Crippen LogP contribution >= 0.6 is 23.2 Å². The van der Waals surface area contributed by atoms with Crippen LogP contribution in [0.1, 0.15) is 53.9 Å². The summed E-state index contributed by atoms with van der Waals surface area (Å²) in [6.07, 6.45) is 0. The van der Waals surface area contributed by atoms with Gasteiger partial charge in [0, 0.05) is 5.69 Å². The lowest BCUT2D eigenvalue weighted by Crippen LogP contribution is -2.29. The number of amides is 1. The summed E-state index contributed by atoms with van der Waals surface area (Å²) in [6, 6.07) is 13.8. The van der Waals surface area contributed by atoms with Gasteiger partial charge >= 0.3 is 5.97 Å². The number of esters is 1. The molecule has 41 heavy (non-hydrogen) atoms. The standard InChI is InChI=1S/C31H29Cl2NO7/c1-31(2,3)18-11-7-16(8-12-18)24-22(25(35)20-15-21(32)28(40-5)23(33)27(20)39-4)26(36)29(37)34(24)19-13-9-17(10-14-19)30(38)41-6/h7-15,24,35H,1-6H3/b25-22+. The van der Waals surface area contributed by atoms with E-state index in [2.05, 4.69) is 20.8 Å². The molecule has 0 aliphatic carbocycles. The molecule has 0 bridgehead atoms. The van der Waals surface area contributed by atoms with Gasteiger partial charge in [-0.1, -0.05) is 68.2 Å². The molecule has 214 valence electrons. The lowest BCUT2D eigenvalue weighted by Gasteiger charge is -2.27. The van der Waals surface area contributed by atoms with E-state index in [9.17, 15) is 19.5 Å². The zero-order valence-corrected chi connectivity index (χ0v) is 24.9. The van der Waals surface area contributed by atoms with E-state index in [1.165, 1.54) is 56.6 Å². The molecule has 8 nitrogen and oxygen atoms in total. The van der Waals surface area contributed by atoms with Crippen LogP contribution in [0, 0.1) is 0 Å². The van der Waals surface area contributed by atoms with Crippen LogP contribution < -0.4 is 14.4 Å². The van der Waals surface area contributed by atoms with Crippen molar-refractivity contribution in [3.8, 4) is 11.5 Å². The van der Waals surface area contributed by atoms with Crippen molar-refractivity contribution >= 4 is 52.3 Å². The van der Waals surface area contributed by atoms with Crippen molar-refractivity contribution < 1.29 is 33.7 Å². The Morgan fingerprint density at radius 3 is 2.00 bits per heavy atom. The number of aliphatic hydroxyl groups excluding tert-OH is 1. The highest BCUT2D eigenvalue weighted by atomic mass is 35.5. The Morgan fingerprint density at radius 2 is 1.49 bits per heavy atom. The van der Waals surface area contributed by atoms with Gasteiger partial charge in [-0.15, -0.1) is 0 Å². The molecule has 1 atom stereocenters. The van der Waals surface area contributed by atoms with E-state index in [4.69, 9.17) is 37.4 Å². The zero-order valence-electron chi connectivity index (χ0n) is 23.4. The Labute approximate surface area is 248 Å². The second-order valence-electron chi connectivity index (χ2n) is 10.4. The average molecular weight is 598 g/mol. The van der Waals surface area contributed by atoms with Gasteiger partial charge in [-0.2, -0.15) is 0 Å². The van der Waals surface area contributed by atoms with Crippen LogP contribution in [0.15, 0.2) is 60.2 Å². The second-order valence-corrected chi connectivity index (χ2v) is 11.2. The molecule has 0 saturated carbocycles. The fourth-order valence-corrected chi connectivity index (χ4v) is 5.43. The van der Waals surface area contributed by atoms with Crippen molar-refractivity contribution in [1.82, 2.24) is 0 Å². The summed E-state index contributed by atoms with van der Waals surface area (Å²) in [5.74, 6) is -2.72. The first-order chi connectivity index (χ1) is 19.3. The molecule has 1 aliphatic rings. The summed E-state index contributed by atoms with van der Waals surface area (Å²) in [5, 5.41) is 11.7. The zero-order chi connectivity index (χ0) is 30.2. The fraction of sp³-hybridized carbons (Fsp3) is 0.258. The number of halogens is 2. The summed E-state index contributed by atoms with van der Waals surface area (Å²) in [7, 11) is 3.99. The third-order valence-corrected chi connectivity index (χ3v) is 7.52. The van der Waals surface area contributed by atoms with Crippen molar-refractivity contribution in [3.05, 3.63) is 92.5 Å². The normalized spacial score (nSPS) is 16.6. The van der Waals surface area contributed by atoms with Gasteiger partial charge in [-0.3, -0.25) is 14.5 Å². The number of hydrogen-bond donors (Lipinski definition) is 1. The van der Waals surface area contributed by atoms with Crippen molar-refractivity contribution in [2.45, 2.75) is 32.2 Å². The Hall–Kier alpha value is -4.01. The molecule has 0 spiro atoms. The minimum atomic E-state index is -1.03. The van der Waals surface area contributed by atoms with Crippen molar-refractivity contribution in [1.29, 1.82) is 0 Å². The molecule has 1 aliphatic heterocycles. The molecule has 0 radical (unpaired) electrons. The molecule has 3 aromatic carbocycles. The Kier molecular flexibility index (Phi) is 8.38. The van der Waals surface area contributed by atoms with Gasteiger partial charge in [0.15, 0.2) is 11.5 Å². The Morgan fingerprint density at radius 1 is 0.902 bits per heavy atom. The van der Waals surface area contributed by atoms with E-state index < -0.39 is 29.5 Å². The molecule has 3 aromatic rings. The van der Waals surface area contributed by atoms with E-state index in [-0.39, 0.29) is 43.7 Å². The first-order valence-corrected chi connectivity index (χ1v) is 13.3. The molecule has 1 unspecified atom stereocenters. The highest BCUT2D eigenvalue weighted by molar-refractivity contribution is 6.52. The van der Waals surface area contributed by atoms with Gasteiger partial charge in [0.2, 0.25) is 0 Å². The topological polar surface area (TPSA) is 102 Å². The molecule has 1 N–H and O–H groups in total. The van der Waals surface area contributed by atoms with E-state index in [1.54, 1.807) is 0 Å². The number of rotatable bonds is 6. The fourth-order valence-electron chi connectivity index (χ4n) is 4.75. The van der Waals surface area contributed by atoms with Crippen molar-refractivity contribution in [3.63, 3.8) is 0 Å². The van der Waals surface area contributed by atoms with Crippen LogP contribution in [0.2, 0.25) is 10.0 Å². The monoisotopic (exact) mass is 597 g/mol. The summed E-state index contributed by atoms with van der Waals surface area (Å²) >= 11 is 12.8. The number of ketones is 1. The highest BCUT2D eigenvalue weighted by Crippen LogP contribution is 2.48. The number of anilines is 1. The lowest BCUT2D eigenvalue weighted by molar-refractivity contribution is -0.132. The van der Waals surface area contributed by atoms with Gasteiger partial charge in [-0.25, -0.2) is 4.79 Å². The number of carbonyl (C=O) groups excluding carboxylic acids is 3. The summed E-state index contributed by atoms with van der Waals surface area (Å²) in [5.41, 5.74) is 1.89. The molecule has 1 saturated heterocycles. The lowest BCUT2D eigenvalue weighted by atomic mass is 9.85. The minimum Gasteiger partial charge on any atom is -0.507 e. The first-order valence-electron chi connectivity index (χ1n) is 12.6. The second kappa shape index (κ2) is 11.5. The molecule has 4 rings (SSSR count). The van der Waals surface area contributed by atoms with Crippen LogP contribution in [-0.2, 0) is 19.7 Å². The molecular weight excluding hydrogens is 569 g/mol. The molecular formula is C31H29Cl2NO7. The molecule has 10 heteroatoms. The number of hydrogen-bond acceptors (Lipinski definition) is 7. The third-order valence-electron chi connectivity index (χ3n) is 6.90. The maximum Gasteiger partial charge on any atom is 0.337 e. The van der Waals surface area contributed by atoms with Crippen LogP contribution in [0.4, 0.5) is 5.69 Å². The highest BCUT2D eigenvalue weighted by Gasteiger charge is 2.47. The Balaban J connectivity index is 1.98. The maximum absolute atomic E-state index is 13.6. The minimum absolute atomic E-state index is 0.0113. The molecule has 1 amide bonds. The number of methoxy groups -OCH3 is 3. The van der Waals surface area contributed by atoms with Gasteiger partial charge in [-0.05, 0) is 46.9 Å². The SMILES string of the molecule is COC(=O)c1ccc(N2C(=O)C(=O)/C(=C(/O)c3cc(Cl)c(OC)c(Cl)c3OC)C2c2ccc(C(C)(C)C)cc2)cc1. The smallest absolute Gasteiger partial charge is 0.337 e. The average Bonchev–Trinajstić information content (AvgIpc) is 3.21. The number of ether oxygens (including phenoxy) is 3. The van der Waals surface area contributed by atoms with Gasteiger partial charge < -0.3 is 19.3 Å². The predicted octanol–water partition coefficient (Wildman–Crippen LogP) is 6.72. The van der Waals surface area contributed by atoms with Gasteiger partial charge in [0.05, 0.1) is 49.1 Å². The summed E-state index contributed by atoms with van der Waals surface area (Å²) < 4.78 is 15.5. The van der Waals surface area contributed by atoms with Gasteiger partial charge in [0.1, 0.15) is 10.8 Å². The van der Waals surface area contributed by atoms with E-state index in [0.717, 1.165) is 5.56 Å². The van der Waals surface area contributed by atoms with Crippen LogP contribution in [0.3, 0.4) is 0 Å². The first kappa shape index (κ1) is 30.0. The van der Waals surface area contributed by atoms with Crippen molar-refractivity contribution in [2.24, 2.45) is 0 Å². The molecule has 0 aromatic heterocycles. The largest absolute Gasteiger partial charge is 0.507 e. The van der Waals surface area contributed by atoms with E-state index >= 15 is 0 Å². The number of benzene rings is 3. The van der Waals surface area contributed by atoms with E-state index in [1.807, 2.05) is 24.3 Å². The maximum atomic E-state index is 13.6. The third kappa shape index (κ3) is 5.37.